The third-order valence-corrected chi connectivity index (χ3v) is 4.16. The number of benzene rings is 1. The van der Waals surface area contributed by atoms with Gasteiger partial charge in [0.15, 0.2) is 0 Å². The molecule has 2 heteroatoms. The summed E-state index contributed by atoms with van der Waals surface area (Å²) in [6.45, 7) is 13.7. The Bertz CT molecular complexity index is 436. The normalized spacial score (nSPS) is 20.3. The fraction of sp³-hybridized carbons (Fsp3) is 0.684. The third kappa shape index (κ3) is 5.03. The smallest absolute Gasteiger partial charge is 0.119 e. The van der Waals surface area contributed by atoms with Gasteiger partial charge in [0.05, 0.1) is 0 Å². The number of piperidine rings is 1. The second-order valence-electron chi connectivity index (χ2n) is 8.23. The molecule has 2 nitrogen and oxygen atoms in total. The predicted molar refractivity (Wildman–Crippen MR) is 90.1 cm³/mol. The highest BCUT2D eigenvalue weighted by Gasteiger charge is 2.27. The van der Waals surface area contributed by atoms with Gasteiger partial charge in [-0.3, -0.25) is 0 Å². The van der Waals surface area contributed by atoms with Gasteiger partial charge in [-0.1, -0.05) is 46.8 Å². The summed E-state index contributed by atoms with van der Waals surface area (Å²) in [6.07, 6.45) is 3.87. The average Bonchev–Trinajstić information content (AvgIpc) is 2.38. The third-order valence-electron chi connectivity index (χ3n) is 4.16. The molecule has 2 rings (SSSR count). The molecule has 0 saturated carbocycles. The Morgan fingerprint density at radius 3 is 2.29 bits per heavy atom. The molecule has 0 aromatic heterocycles. The highest BCUT2D eigenvalue weighted by molar-refractivity contribution is 5.32. The molecule has 1 saturated heterocycles. The molecule has 118 valence electrons. The van der Waals surface area contributed by atoms with E-state index < -0.39 is 0 Å². The largest absolute Gasteiger partial charge is 0.489 e. The van der Waals surface area contributed by atoms with E-state index in [1.165, 1.54) is 18.4 Å². The van der Waals surface area contributed by atoms with Crippen molar-refractivity contribution in [3.8, 4) is 5.75 Å². The molecule has 0 spiro atoms. The van der Waals surface area contributed by atoms with Crippen LogP contribution in [-0.2, 0) is 5.41 Å². The van der Waals surface area contributed by atoms with E-state index in [1.807, 2.05) is 0 Å². The van der Waals surface area contributed by atoms with Gasteiger partial charge in [-0.2, -0.15) is 0 Å². The van der Waals surface area contributed by atoms with Crippen LogP contribution in [-0.4, -0.2) is 19.2 Å². The number of hydrogen-bond donors (Lipinski definition) is 1. The fourth-order valence-electron chi connectivity index (χ4n) is 3.53. The Morgan fingerprint density at radius 1 is 1.10 bits per heavy atom. The Labute approximate surface area is 130 Å². The van der Waals surface area contributed by atoms with Gasteiger partial charge in [0, 0.05) is 6.54 Å². The molecule has 1 aliphatic rings. The van der Waals surface area contributed by atoms with Crippen LogP contribution in [0.25, 0.3) is 0 Å². The number of hydrogen-bond acceptors (Lipinski definition) is 2. The summed E-state index contributed by atoms with van der Waals surface area (Å²) in [5.41, 5.74) is 1.93. The Morgan fingerprint density at radius 2 is 1.76 bits per heavy atom. The predicted octanol–water partition coefficient (Wildman–Crippen LogP) is 4.53. The van der Waals surface area contributed by atoms with Crippen LogP contribution in [0.4, 0.5) is 0 Å². The van der Waals surface area contributed by atoms with E-state index in [0.29, 0.717) is 11.5 Å². The van der Waals surface area contributed by atoms with Crippen LogP contribution < -0.4 is 10.1 Å². The van der Waals surface area contributed by atoms with Gasteiger partial charge in [0.2, 0.25) is 0 Å². The van der Waals surface area contributed by atoms with Crippen LogP contribution in [0.3, 0.4) is 0 Å². The van der Waals surface area contributed by atoms with Gasteiger partial charge in [0.1, 0.15) is 11.9 Å². The van der Waals surface area contributed by atoms with E-state index in [0.717, 1.165) is 25.3 Å². The molecular weight excluding hydrogens is 258 g/mol. The van der Waals surface area contributed by atoms with Crippen LogP contribution in [0.5, 0.6) is 5.75 Å². The molecule has 1 atom stereocenters. The maximum atomic E-state index is 6.06. The maximum absolute atomic E-state index is 6.06. The van der Waals surface area contributed by atoms with Crippen molar-refractivity contribution < 1.29 is 4.74 Å². The molecule has 1 N–H and O–H groups in total. The number of ether oxygens (including phenoxy) is 1. The lowest BCUT2D eigenvalue weighted by molar-refractivity contribution is 0.167. The van der Waals surface area contributed by atoms with Crippen molar-refractivity contribution in [1.29, 1.82) is 0 Å². The van der Waals surface area contributed by atoms with Gasteiger partial charge < -0.3 is 10.1 Å². The van der Waals surface area contributed by atoms with Crippen molar-refractivity contribution in [3.05, 3.63) is 29.8 Å². The summed E-state index contributed by atoms with van der Waals surface area (Å²) in [7, 11) is 0. The Kier molecular flexibility index (Phi) is 4.98. The Balaban J connectivity index is 2.00. The van der Waals surface area contributed by atoms with E-state index in [4.69, 9.17) is 4.74 Å². The van der Waals surface area contributed by atoms with E-state index in [1.54, 1.807) is 0 Å². The van der Waals surface area contributed by atoms with Crippen LogP contribution in [0.1, 0.15) is 59.4 Å². The first kappa shape index (κ1) is 16.4. The van der Waals surface area contributed by atoms with E-state index in [-0.39, 0.29) is 5.41 Å². The molecule has 1 unspecified atom stereocenters. The van der Waals surface area contributed by atoms with Crippen molar-refractivity contribution in [2.45, 2.75) is 65.4 Å². The lowest BCUT2D eigenvalue weighted by Gasteiger charge is -2.33. The molecule has 0 aliphatic carbocycles. The first-order chi connectivity index (χ1) is 9.76. The van der Waals surface area contributed by atoms with Crippen molar-refractivity contribution in [2.75, 3.05) is 13.1 Å². The second-order valence-corrected chi connectivity index (χ2v) is 8.23. The standard InChI is InChI=1S/C19H31NO/c1-18(2,3)14-19(4,5)15-8-10-16(11-9-15)21-17-7-6-12-20-13-17/h8-11,17,20H,6-7,12-14H2,1-5H3. The minimum absolute atomic E-state index is 0.198. The van der Waals surface area contributed by atoms with E-state index in [9.17, 15) is 0 Å². The second kappa shape index (κ2) is 6.39. The monoisotopic (exact) mass is 289 g/mol. The molecule has 1 heterocycles. The summed E-state index contributed by atoms with van der Waals surface area (Å²) in [6, 6.07) is 8.73. The minimum atomic E-state index is 0.198. The number of rotatable bonds is 4. The van der Waals surface area contributed by atoms with Crippen molar-refractivity contribution >= 4 is 0 Å². The minimum Gasteiger partial charge on any atom is -0.489 e. The summed E-state index contributed by atoms with van der Waals surface area (Å²) in [5.74, 6) is 0.999. The maximum Gasteiger partial charge on any atom is 0.119 e. The molecule has 0 bridgehead atoms. The lowest BCUT2D eigenvalue weighted by Crippen LogP contribution is -2.37. The lowest BCUT2D eigenvalue weighted by atomic mass is 9.72. The molecular formula is C19H31NO. The molecule has 0 amide bonds. The van der Waals surface area contributed by atoms with Crippen molar-refractivity contribution in [3.63, 3.8) is 0 Å². The van der Waals surface area contributed by atoms with Crippen molar-refractivity contribution in [1.82, 2.24) is 5.32 Å². The zero-order valence-electron chi connectivity index (χ0n) is 14.3. The van der Waals surface area contributed by atoms with Crippen molar-refractivity contribution in [2.24, 2.45) is 5.41 Å². The first-order valence-corrected chi connectivity index (χ1v) is 8.24. The summed E-state index contributed by atoms with van der Waals surface area (Å²) in [5, 5.41) is 3.39. The van der Waals surface area contributed by atoms with Gasteiger partial charge in [0.25, 0.3) is 0 Å². The van der Waals surface area contributed by atoms with Crippen LogP contribution in [0, 0.1) is 5.41 Å². The zero-order chi connectivity index (χ0) is 15.5. The van der Waals surface area contributed by atoms with Crippen LogP contribution in [0.2, 0.25) is 0 Å². The van der Waals surface area contributed by atoms with Gasteiger partial charge >= 0.3 is 0 Å². The summed E-state index contributed by atoms with van der Waals surface area (Å²) in [4.78, 5) is 0. The molecule has 0 radical (unpaired) electrons. The quantitative estimate of drug-likeness (QED) is 0.879. The molecule has 1 fully saturated rings. The zero-order valence-corrected chi connectivity index (χ0v) is 14.3. The van der Waals surface area contributed by atoms with Crippen LogP contribution in [0.15, 0.2) is 24.3 Å². The molecule has 21 heavy (non-hydrogen) atoms. The average molecular weight is 289 g/mol. The van der Waals surface area contributed by atoms with Crippen LogP contribution >= 0.6 is 0 Å². The van der Waals surface area contributed by atoms with Gasteiger partial charge in [-0.15, -0.1) is 0 Å². The number of nitrogens with one attached hydrogen (secondary N) is 1. The van der Waals surface area contributed by atoms with Gasteiger partial charge in [-0.05, 0) is 54.3 Å². The SMILES string of the molecule is CC(C)(C)CC(C)(C)c1ccc(OC2CCCNC2)cc1. The van der Waals surface area contributed by atoms with Gasteiger partial charge in [-0.25, -0.2) is 0 Å². The molecule has 1 aromatic carbocycles. The topological polar surface area (TPSA) is 21.3 Å². The van der Waals surface area contributed by atoms with E-state index in [2.05, 4.69) is 64.2 Å². The molecule has 1 aromatic rings. The summed E-state index contributed by atoms with van der Waals surface area (Å²) < 4.78 is 6.06. The summed E-state index contributed by atoms with van der Waals surface area (Å²) >= 11 is 0. The highest BCUT2D eigenvalue weighted by Crippen LogP contribution is 2.36. The molecule has 1 aliphatic heterocycles. The first-order valence-electron chi connectivity index (χ1n) is 8.24. The highest BCUT2D eigenvalue weighted by atomic mass is 16.5. The van der Waals surface area contributed by atoms with E-state index >= 15 is 0 Å². The Hall–Kier alpha value is -1.02. The fourth-order valence-corrected chi connectivity index (χ4v) is 3.53.